The van der Waals surface area contributed by atoms with Crippen molar-refractivity contribution in [1.82, 2.24) is 24.1 Å². The maximum Gasteiger partial charge on any atom is 0.164 e. The second-order valence-corrected chi connectivity index (χ2v) is 16.0. The van der Waals surface area contributed by atoms with E-state index in [0.29, 0.717) is 17.5 Å². The van der Waals surface area contributed by atoms with Crippen molar-refractivity contribution in [3.8, 4) is 56.7 Å². The zero-order valence-electron chi connectivity index (χ0n) is 33.9. The summed E-state index contributed by atoms with van der Waals surface area (Å²) in [5, 5.41) is 6.85. The number of furan rings is 1. The maximum absolute atomic E-state index is 6.52. The maximum atomic E-state index is 6.52. The summed E-state index contributed by atoms with van der Waals surface area (Å²) in [6.07, 6.45) is 0. The number of nitrogens with zero attached hydrogens (tertiary/aromatic N) is 5. The second-order valence-electron chi connectivity index (χ2n) is 16.0. The first kappa shape index (κ1) is 35.2. The smallest absolute Gasteiger partial charge is 0.164 e. The van der Waals surface area contributed by atoms with Gasteiger partial charge in [-0.1, -0.05) is 146 Å². The summed E-state index contributed by atoms with van der Waals surface area (Å²) in [7, 11) is 0. The van der Waals surface area contributed by atoms with E-state index in [1.807, 2.05) is 48.5 Å². The molecule has 0 amide bonds. The molecule has 0 aliphatic rings. The van der Waals surface area contributed by atoms with Crippen molar-refractivity contribution < 1.29 is 4.42 Å². The van der Waals surface area contributed by atoms with E-state index in [1.165, 1.54) is 32.6 Å². The molecule has 13 rings (SSSR count). The largest absolute Gasteiger partial charge is 0.456 e. The fourth-order valence-electron chi connectivity index (χ4n) is 9.53. The van der Waals surface area contributed by atoms with Crippen LogP contribution in [0.1, 0.15) is 0 Å². The molecule has 13 aromatic rings. The molecule has 4 aromatic heterocycles. The Balaban J connectivity index is 0.974. The van der Waals surface area contributed by atoms with Gasteiger partial charge < -0.3 is 13.6 Å². The molecule has 0 N–H and O–H groups in total. The van der Waals surface area contributed by atoms with Crippen LogP contribution >= 0.6 is 0 Å². The fraction of sp³-hybridized carbons (Fsp3) is 0. The first-order valence-electron chi connectivity index (χ1n) is 21.2. The highest BCUT2D eigenvalue weighted by atomic mass is 16.3. The third-order valence-electron chi connectivity index (χ3n) is 12.4. The Morgan fingerprint density at radius 2 is 0.841 bits per heavy atom. The molecule has 9 aromatic carbocycles. The number of rotatable bonds is 6. The number of fused-ring (bicyclic) bond motifs is 9. The van der Waals surface area contributed by atoms with E-state index in [0.717, 1.165) is 72.2 Å². The molecule has 4 heterocycles. The summed E-state index contributed by atoms with van der Waals surface area (Å²) in [5.74, 6) is 1.78. The van der Waals surface area contributed by atoms with Crippen LogP contribution < -0.4 is 0 Å². The molecule has 0 saturated carbocycles. The van der Waals surface area contributed by atoms with Gasteiger partial charge in [0.25, 0.3) is 0 Å². The van der Waals surface area contributed by atoms with Gasteiger partial charge in [-0.2, -0.15) is 0 Å². The highest BCUT2D eigenvalue weighted by molar-refractivity contribution is 6.14. The van der Waals surface area contributed by atoms with Crippen molar-refractivity contribution >= 4 is 65.6 Å². The van der Waals surface area contributed by atoms with Crippen LogP contribution in [0.4, 0.5) is 0 Å². The lowest BCUT2D eigenvalue weighted by atomic mass is 10.0. The highest BCUT2D eigenvalue weighted by Crippen LogP contribution is 2.40. The Morgan fingerprint density at radius 1 is 0.302 bits per heavy atom. The van der Waals surface area contributed by atoms with Gasteiger partial charge in [0, 0.05) is 60.4 Å². The number of para-hydroxylation sites is 3. The molecule has 0 saturated heterocycles. The Kier molecular flexibility index (Phi) is 7.80. The summed E-state index contributed by atoms with van der Waals surface area (Å²) in [5.41, 5.74) is 13.3. The average Bonchev–Trinajstić information content (AvgIpc) is 4.02. The van der Waals surface area contributed by atoms with E-state index in [1.54, 1.807) is 0 Å². The average molecular weight is 806 g/mol. The minimum Gasteiger partial charge on any atom is -0.456 e. The molecule has 0 radical (unpaired) electrons. The Labute approximate surface area is 361 Å². The molecule has 0 aliphatic carbocycles. The molecule has 0 bridgehead atoms. The van der Waals surface area contributed by atoms with Gasteiger partial charge in [-0.3, -0.25) is 0 Å². The quantitative estimate of drug-likeness (QED) is 0.168. The first-order valence-corrected chi connectivity index (χ1v) is 21.2. The third-order valence-corrected chi connectivity index (χ3v) is 12.4. The Morgan fingerprint density at radius 3 is 1.54 bits per heavy atom. The second kappa shape index (κ2) is 14.0. The van der Waals surface area contributed by atoms with Crippen LogP contribution in [0.5, 0.6) is 0 Å². The van der Waals surface area contributed by atoms with Crippen molar-refractivity contribution in [2.45, 2.75) is 0 Å². The first-order chi connectivity index (χ1) is 31.2. The van der Waals surface area contributed by atoms with Gasteiger partial charge >= 0.3 is 0 Å². The fourth-order valence-corrected chi connectivity index (χ4v) is 9.53. The van der Waals surface area contributed by atoms with Crippen LogP contribution in [0.15, 0.2) is 217 Å². The molecule has 0 unspecified atom stereocenters. The molecule has 0 atom stereocenters. The van der Waals surface area contributed by atoms with Gasteiger partial charge in [0.05, 0.1) is 22.1 Å². The van der Waals surface area contributed by atoms with E-state index in [4.69, 9.17) is 19.4 Å². The van der Waals surface area contributed by atoms with Gasteiger partial charge in [-0.25, -0.2) is 15.0 Å². The molecule has 0 spiro atoms. The molecule has 0 fully saturated rings. The molecule has 0 aliphatic heterocycles. The van der Waals surface area contributed by atoms with Crippen LogP contribution in [0.2, 0.25) is 0 Å². The zero-order chi connectivity index (χ0) is 41.4. The zero-order valence-corrected chi connectivity index (χ0v) is 33.9. The van der Waals surface area contributed by atoms with E-state index in [-0.39, 0.29) is 0 Å². The van der Waals surface area contributed by atoms with Crippen LogP contribution in [0.25, 0.3) is 122 Å². The number of hydrogen-bond acceptors (Lipinski definition) is 4. The van der Waals surface area contributed by atoms with Crippen molar-refractivity contribution in [3.63, 3.8) is 0 Å². The van der Waals surface area contributed by atoms with Crippen molar-refractivity contribution in [3.05, 3.63) is 212 Å². The Hall–Kier alpha value is -8.61. The molecule has 6 heteroatoms. The lowest BCUT2D eigenvalue weighted by Crippen LogP contribution is -2.01. The number of benzene rings is 9. The topological polar surface area (TPSA) is 61.7 Å². The third kappa shape index (κ3) is 5.62. The van der Waals surface area contributed by atoms with Crippen LogP contribution in [-0.2, 0) is 0 Å². The minimum absolute atomic E-state index is 0.583. The molecule has 6 nitrogen and oxygen atoms in total. The van der Waals surface area contributed by atoms with Crippen LogP contribution in [-0.4, -0.2) is 24.1 Å². The van der Waals surface area contributed by atoms with Crippen molar-refractivity contribution in [2.75, 3.05) is 0 Å². The monoisotopic (exact) mass is 805 g/mol. The predicted octanol–water partition coefficient (Wildman–Crippen LogP) is 14.6. The predicted molar refractivity (Wildman–Crippen MR) is 258 cm³/mol. The van der Waals surface area contributed by atoms with Crippen molar-refractivity contribution in [2.24, 2.45) is 0 Å². The Bertz CT molecular complexity index is 3860. The number of aromatic nitrogens is 5. The van der Waals surface area contributed by atoms with Gasteiger partial charge in [0.1, 0.15) is 11.2 Å². The van der Waals surface area contributed by atoms with Crippen LogP contribution in [0.3, 0.4) is 0 Å². The summed E-state index contributed by atoms with van der Waals surface area (Å²) in [6, 6.07) is 74.4. The molecular weight excluding hydrogens is 771 g/mol. The summed E-state index contributed by atoms with van der Waals surface area (Å²) in [6.45, 7) is 0. The summed E-state index contributed by atoms with van der Waals surface area (Å²) < 4.78 is 11.3. The molecule has 294 valence electrons. The normalized spacial score (nSPS) is 11.8. The van der Waals surface area contributed by atoms with E-state index in [2.05, 4.69) is 173 Å². The van der Waals surface area contributed by atoms with E-state index < -0.39 is 0 Å². The van der Waals surface area contributed by atoms with Crippen LogP contribution in [0, 0.1) is 0 Å². The number of hydrogen-bond donors (Lipinski definition) is 0. The minimum atomic E-state index is 0.583. The summed E-state index contributed by atoms with van der Waals surface area (Å²) in [4.78, 5) is 15.6. The lowest BCUT2D eigenvalue weighted by molar-refractivity contribution is 0.669. The lowest BCUT2D eigenvalue weighted by Gasteiger charge is -2.12. The SMILES string of the molecule is c1ccc(-c2ccc3c(c2)oc2cccc(-c4nc(-c5ccccc5)nc(-c5cccc(-n6c7ccccc7c7cc(-n8c9ccccc9c9ccccc98)ccc76)c5)n4)c23)cc1. The van der Waals surface area contributed by atoms with Gasteiger partial charge in [-0.15, -0.1) is 0 Å². The van der Waals surface area contributed by atoms with E-state index >= 15 is 0 Å². The molecular formula is C57H35N5O. The van der Waals surface area contributed by atoms with Gasteiger partial charge in [0.15, 0.2) is 17.5 Å². The van der Waals surface area contributed by atoms with Gasteiger partial charge in [0.2, 0.25) is 0 Å². The summed E-state index contributed by atoms with van der Waals surface area (Å²) >= 11 is 0. The van der Waals surface area contributed by atoms with Gasteiger partial charge in [-0.05, 0) is 77.9 Å². The standard InChI is InChI=1S/C57H35N5O/c1-3-15-36(16-4-1)38-29-31-45-53(34-38)63-52-28-14-24-46(54(45)52)57-59-55(37-17-5-2-6-18-37)58-56(60-57)39-19-13-20-40(33-39)61-50-27-12-9-23-44(50)47-35-41(30-32-51(47)61)62-48-25-10-7-21-42(48)43-22-8-11-26-49(43)62/h1-35H. The molecule has 63 heavy (non-hydrogen) atoms. The van der Waals surface area contributed by atoms with E-state index in [9.17, 15) is 0 Å². The van der Waals surface area contributed by atoms with Crippen molar-refractivity contribution in [1.29, 1.82) is 0 Å². The highest BCUT2D eigenvalue weighted by Gasteiger charge is 2.20.